The molecule has 6 heteroatoms. The summed E-state index contributed by atoms with van der Waals surface area (Å²) in [5, 5.41) is 0. The van der Waals surface area contributed by atoms with Crippen molar-refractivity contribution in [1.29, 1.82) is 0 Å². The van der Waals surface area contributed by atoms with E-state index in [1.54, 1.807) is 24.3 Å². The van der Waals surface area contributed by atoms with Crippen LogP contribution in [0.4, 0.5) is 0 Å². The lowest BCUT2D eigenvalue weighted by Gasteiger charge is -2.23. The van der Waals surface area contributed by atoms with Crippen LogP contribution in [-0.2, 0) is 4.74 Å². The highest BCUT2D eigenvalue weighted by molar-refractivity contribution is 5.96. The van der Waals surface area contributed by atoms with E-state index >= 15 is 0 Å². The van der Waals surface area contributed by atoms with E-state index in [-0.39, 0.29) is 5.91 Å². The van der Waals surface area contributed by atoms with Gasteiger partial charge in [0.2, 0.25) is 0 Å². The first kappa shape index (κ1) is 15.4. The molecular formula is C13H21N3O3. The fourth-order valence-corrected chi connectivity index (χ4v) is 1.69. The second-order valence-electron chi connectivity index (χ2n) is 4.00. The first-order valence-corrected chi connectivity index (χ1v) is 6.20. The van der Waals surface area contributed by atoms with Gasteiger partial charge in [-0.2, -0.15) is 0 Å². The second kappa shape index (κ2) is 8.44. The fraction of sp³-hybridized carbons (Fsp3) is 0.538. The average Bonchev–Trinajstić information content (AvgIpc) is 2.46. The van der Waals surface area contributed by atoms with Crippen LogP contribution in [0.1, 0.15) is 16.8 Å². The maximum Gasteiger partial charge on any atom is 0.257 e. The number of pyridine rings is 1. The van der Waals surface area contributed by atoms with E-state index in [2.05, 4.69) is 4.98 Å². The molecule has 19 heavy (non-hydrogen) atoms. The van der Waals surface area contributed by atoms with Crippen molar-refractivity contribution in [2.75, 3.05) is 40.5 Å². The predicted octanol–water partition coefficient (Wildman–Crippen LogP) is 0.528. The number of aromatic nitrogens is 1. The summed E-state index contributed by atoms with van der Waals surface area (Å²) in [5.74, 6) is 0.382. The highest BCUT2D eigenvalue weighted by Gasteiger charge is 2.18. The minimum Gasteiger partial charge on any atom is -0.494 e. The largest absolute Gasteiger partial charge is 0.494 e. The summed E-state index contributed by atoms with van der Waals surface area (Å²) in [6.07, 6.45) is 3.86. The summed E-state index contributed by atoms with van der Waals surface area (Å²) in [7, 11) is 3.13. The van der Waals surface area contributed by atoms with E-state index in [9.17, 15) is 4.79 Å². The summed E-state index contributed by atoms with van der Waals surface area (Å²) in [5.41, 5.74) is 6.00. The molecule has 106 valence electrons. The van der Waals surface area contributed by atoms with Crippen LogP contribution in [0.3, 0.4) is 0 Å². The van der Waals surface area contributed by atoms with Crippen LogP contribution in [0, 0.1) is 0 Å². The molecule has 2 N–H and O–H groups in total. The number of hydrogen-bond donors (Lipinski definition) is 1. The van der Waals surface area contributed by atoms with Crippen molar-refractivity contribution >= 4 is 5.91 Å². The number of hydrogen-bond acceptors (Lipinski definition) is 5. The summed E-state index contributed by atoms with van der Waals surface area (Å²) in [6, 6.07) is 1.66. The van der Waals surface area contributed by atoms with E-state index < -0.39 is 0 Å². The maximum absolute atomic E-state index is 12.5. The topological polar surface area (TPSA) is 77.7 Å². The number of amides is 1. The number of nitrogens with zero attached hydrogens (tertiary/aromatic N) is 2. The Hall–Kier alpha value is -1.66. The van der Waals surface area contributed by atoms with Gasteiger partial charge in [-0.3, -0.25) is 9.78 Å². The average molecular weight is 267 g/mol. The van der Waals surface area contributed by atoms with Gasteiger partial charge in [0.05, 0.1) is 25.5 Å². The highest BCUT2D eigenvalue weighted by atomic mass is 16.5. The van der Waals surface area contributed by atoms with Gasteiger partial charge in [0.25, 0.3) is 5.91 Å². The van der Waals surface area contributed by atoms with Crippen LogP contribution in [0.25, 0.3) is 0 Å². The van der Waals surface area contributed by atoms with Crippen molar-refractivity contribution in [3.63, 3.8) is 0 Å². The molecule has 0 atom stereocenters. The lowest BCUT2D eigenvalue weighted by molar-refractivity contribution is 0.0691. The summed E-state index contributed by atoms with van der Waals surface area (Å²) in [4.78, 5) is 18.1. The standard InChI is InChI=1S/C13H21N3O3/c1-18-9-8-16(7-3-5-14)13(17)11-4-6-15-10-12(11)19-2/h4,6,10H,3,5,7-9,14H2,1-2H3. The number of methoxy groups -OCH3 is 2. The molecule has 6 nitrogen and oxygen atoms in total. The van der Waals surface area contributed by atoms with Crippen LogP contribution >= 0.6 is 0 Å². The van der Waals surface area contributed by atoms with Crippen LogP contribution in [0.15, 0.2) is 18.5 Å². The molecule has 1 rings (SSSR count). The van der Waals surface area contributed by atoms with Gasteiger partial charge in [-0.1, -0.05) is 0 Å². The molecule has 0 saturated heterocycles. The molecule has 0 aliphatic carbocycles. The lowest BCUT2D eigenvalue weighted by atomic mass is 10.2. The first-order chi connectivity index (χ1) is 9.24. The van der Waals surface area contributed by atoms with Crippen molar-refractivity contribution in [2.24, 2.45) is 5.73 Å². The monoisotopic (exact) mass is 267 g/mol. The lowest BCUT2D eigenvalue weighted by Crippen LogP contribution is -2.35. The molecule has 0 aliphatic rings. The van der Waals surface area contributed by atoms with Gasteiger partial charge >= 0.3 is 0 Å². The molecule has 1 aromatic rings. The number of nitrogens with two attached hydrogens (primary N) is 1. The predicted molar refractivity (Wildman–Crippen MR) is 72.2 cm³/mol. The quantitative estimate of drug-likeness (QED) is 0.743. The Labute approximate surface area is 113 Å². The van der Waals surface area contributed by atoms with Crippen molar-refractivity contribution in [3.8, 4) is 5.75 Å². The molecule has 0 unspecified atom stereocenters. The molecule has 0 spiro atoms. The zero-order valence-electron chi connectivity index (χ0n) is 11.5. The number of ether oxygens (including phenoxy) is 2. The number of rotatable bonds is 8. The van der Waals surface area contributed by atoms with E-state index in [1.807, 2.05) is 0 Å². The molecule has 0 fully saturated rings. The molecule has 0 bridgehead atoms. The van der Waals surface area contributed by atoms with Gasteiger partial charge in [-0.05, 0) is 19.0 Å². The zero-order chi connectivity index (χ0) is 14.1. The maximum atomic E-state index is 12.5. The molecule has 1 aromatic heterocycles. The third kappa shape index (κ3) is 4.50. The van der Waals surface area contributed by atoms with Gasteiger partial charge in [-0.25, -0.2) is 0 Å². The SMILES string of the molecule is COCCN(CCCN)C(=O)c1ccncc1OC. The van der Waals surface area contributed by atoms with Crippen molar-refractivity contribution < 1.29 is 14.3 Å². The van der Waals surface area contributed by atoms with E-state index in [4.69, 9.17) is 15.2 Å². The van der Waals surface area contributed by atoms with E-state index in [0.29, 0.717) is 37.6 Å². The van der Waals surface area contributed by atoms with Crippen molar-refractivity contribution in [3.05, 3.63) is 24.0 Å². The Balaban J connectivity index is 2.84. The van der Waals surface area contributed by atoms with Crippen LogP contribution in [0.2, 0.25) is 0 Å². The minimum atomic E-state index is -0.0928. The van der Waals surface area contributed by atoms with Gasteiger partial charge in [-0.15, -0.1) is 0 Å². The van der Waals surface area contributed by atoms with Gasteiger partial charge in [0, 0.05) is 26.4 Å². The summed E-state index contributed by atoms with van der Waals surface area (Å²) >= 11 is 0. The number of carbonyl (C=O) groups excluding carboxylic acids is 1. The fourth-order valence-electron chi connectivity index (χ4n) is 1.69. The molecule has 0 radical (unpaired) electrons. The summed E-state index contributed by atoms with van der Waals surface area (Å²) < 4.78 is 10.2. The van der Waals surface area contributed by atoms with Crippen LogP contribution < -0.4 is 10.5 Å². The van der Waals surface area contributed by atoms with Crippen LogP contribution in [-0.4, -0.2) is 56.3 Å². The van der Waals surface area contributed by atoms with E-state index in [0.717, 1.165) is 6.42 Å². The minimum absolute atomic E-state index is 0.0928. The third-order valence-corrected chi connectivity index (χ3v) is 2.72. The zero-order valence-corrected chi connectivity index (χ0v) is 11.5. The van der Waals surface area contributed by atoms with Gasteiger partial charge in [0.1, 0.15) is 5.75 Å². The highest BCUT2D eigenvalue weighted by Crippen LogP contribution is 2.18. The molecular weight excluding hydrogens is 246 g/mol. The van der Waals surface area contributed by atoms with Crippen molar-refractivity contribution in [1.82, 2.24) is 9.88 Å². The third-order valence-electron chi connectivity index (χ3n) is 2.72. The smallest absolute Gasteiger partial charge is 0.257 e. The Kier molecular flexibility index (Phi) is 6.84. The van der Waals surface area contributed by atoms with Crippen LogP contribution in [0.5, 0.6) is 5.75 Å². The Morgan fingerprint density at radius 2 is 2.21 bits per heavy atom. The normalized spacial score (nSPS) is 10.3. The number of carbonyl (C=O) groups is 1. The van der Waals surface area contributed by atoms with Gasteiger partial charge in [0.15, 0.2) is 0 Å². The molecule has 0 aliphatic heterocycles. The Morgan fingerprint density at radius 1 is 1.42 bits per heavy atom. The molecule has 1 amide bonds. The summed E-state index contributed by atoms with van der Waals surface area (Å²) in [6.45, 7) is 2.17. The molecule has 0 aromatic carbocycles. The van der Waals surface area contributed by atoms with Gasteiger partial charge < -0.3 is 20.1 Å². The molecule has 0 saturated carbocycles. The Morgan fingerprint density at radius 3 is 2.84 bits per heavy atom. The second-order valence-corrected chi connectivity index (χ2v) is 4.00. The molecule has 1 heterocycles. The van der Waals surface area contributed by atoms with E-state index in [1.165, 1.54) is 13.3 Å². The Bertz CT molecular complexity index is 390. The van der Waals surface area contributed by atoms with Crippen molar-refractivity contribution in [2.45, 2.75) is 6.42 Å². The first-order valence-electron chi connectivity index (χ1n) is 6.20.